The van der Waals surface area contributed by atoms with Gasteiger partial charge >= 0.3 is 5.97 Å². The first kappa shape index (κ1) is 15.2. The van der Waals surface area contributed by atoms with Gasteiger partial charge in [0.2, 0.25) is 5.91 Å². The second-order valence-electron chi connectivity index (χ2n) is 4.90. The molecule has 0 aromatic heterocycles. The van der Waals surface area contributed by atoms with E-state index in [0.717, 1.165) is 0 Å². The smallest absolute Gasteiger partial charge is 0.326 e. The van der Waals surface area contributed by atoms with Gasteiger partial charge < -0.3 is 19.5 Å². The maximum Gasteiger partial charge on any atom is 0.326 e. The highest BCUT2D eigenvalue weighted by Gasteiger charge is 2.34. The van der Waals surface area contributed by atoms with Crippen LogP contribution in [0, 0.1) is 0 Å². The highest BCUT2D eigenvalue weighted by Crippen LogP contribution is 2.30. The second kappa shape index (κ2) is 6.47. The first-order valence-electron chi connectivity index (χ1n) is 6.80. The van der Waals surface area contributed by atoms with Gasteiger partial charge in [0.25, 0.3) is 0 Å². The summed E-state index contributed by atoms with van der Waals surface area (Å²) < 4.78 is 10.5. The first-order chi connectivity index (χ1) is 10.1. The number of carbonyl (C=O) groups excluding carboxylic acids is 1. The average Bonchev–Trinajstić information content (AvgIpc) is 2.97. The summed E-state index contributed by atoms with van der Waals surface area (Å²) in [6.45, 7) is 0.479. The molecule has 0 aliphatic carbocycles. The van der Waals surface area contributed by atoms with E-state index in [1.165, 1.54) is 19.1 Å². The Hall–Kier alpha value is -2.24. The highest BCUT2D eigenvalue weighted by molar-refractivity contribution is 5.86. The SMILES string of the molecule is COc1cccc(OC)c1CC(=O)N1CCC[C@H]1C(=O)O. The van der Waals surface area contributed by atoms with Crippen LogP contribution in [0.15, 0.2) is 18.2 Å². The molecule has 1 atom stereocenters. The Kier molecular flexibility index (Phi) is 4.67. The number of methoxy groups -OCH3 is 2. The standard InChI is InChI=1S/C15H19NO5/c1-20-12-6-3-7-13(21-2)10(12)9-14(17)16-8-4-5-11(16)15(18)19/h3,6-7,11H,4-5,8-9H2,1-2H3,(H,18,19)/t11-/m0/s1. The molecule has 1 aromatic rings. The van der Waals surface area contributed by atoms with E-state index in [2.05, 4.69) is 0 Å². The van der Waals surface area contributed by atoms with Crippen LogP contribution in [0.25, 0.3) is 0 Å². The van der Waals surface area contributed by atoms with Crippen molar-refractivity contribution in [3.63, 3.8) is 0 Å². The van der Waals surface area contributed by atoms with Crippen LogP contribution in [-0.4, -0.2) is 48.7 Å². The minimum Gasteiger partial charge on any atom is -0.496 e. The summed E-state index contributed by atoms with van der Waals surface area (Å²) in [5.74, 6) is -0.0434. The van der Waals surface area contributed by atoms with Crippen LogP contribution in [0.1, 0.15) is 18.4 Å². The summed E-state index contributed by atoms with van der Waals surface area (Å²) in [5.41, 5.74) is 0.642. The van der Waals surface area contributed by atoms with Gasteiger partial charge in [-0.2, -0.15) is 0 Å². The largest absolute Gasteiger partial charge is 0.496 e. The van der Waals surface area contributed by atoms with Gasteiger partial charge in [-0.3, -0.25) is 4.79 Å². The van der Waals surface area contributed by atoms with Gasteiger partial charge in [0.1, 0.15) is 17.5 Å². The fraction of sp³-hybridized carbons (Fsp3) is 0.467. The van der Waals surface area contributed by atoms with Crippen molar-refractivity contribution in [3.8, 4) is 11.5 Å². The molecule has 1 N–H and O–H groups in total. The number of hydrogen-bond acceptors (Lipinski definition) is 4. The third kappa shape index (κ3) is 3.09. The van der Waals surface area contributed by atoms with Crippen LogP contribution in [0.5, 0.6) is 11.5 Å². The minimum atomic E-state index is -0.951. The van der Waals surface area contributed by atoms with E-state index in [1.54, 1.807) is 18.2 Å². The van der Waals surface area contributed by atoms with Crippen molar-refractivity contribution in [2.45, 2.75) is 25.3 Å². The molecule has 1 fully saturated rings. The van der Waals surface area contributed by atoms with Crippen LogP contribution in [0.2, 0.25) is 0 Å². The molecule has 1 aliphatic rings. The number of amides is 1. The highest BCUT2D eigenvalue weighted by atomic mass is 16.5. The Morgan fingerprint density at radius 1 is 1.29 bits per heavy atom. The fourth-order valence-electron chi connectivity index (χ4n) is 2.68. The first-order valence-corrected chi connectivity index (χ1v) is 6.80. The van der Waals surface area contributed by atoms with E-state index in [1.807, 2.05) is 0 Å². The summed E-state index contributed by atoms with van der Waals surface area (Å²) in [5, 5.41) is 9.16. The van der Waals surface area contributed by atoms with E-state index in [0.29, 0.717) is 36.4 Å². The third-order valence-corrected chi connectivity index (χ3v) is 3.72. The van der Waals surface area contributed by atoms with E-state index < -0.39 is 12.0 Å². The number of aliphatic carboxylic acids is 1. The van der Waals surface area contributed by atoms with E-state index in [4.69, 9.17) is 14.6 Å². The fourth-order valence-corrected chi connectivity index (χ4v) is 2.68. The van der Waals surface area contributed by atoms with E-state index in [9.17, 15) is 9.59 Å². The van der Waals surface area contributed by atoms with Gasteiger partial charge in [-0.05, 0) is 25.0 Å². The van der Waals surface area contributed by atoms with Crippen molar-refractivity contribution in [3.05, 3.63) is 23.8 Å². The zero-order valence-electron chi connectivity index (χ0n) is 12.2. The minimum absolute atomic E-state index is 0.0664. The molecule has 0 unspecified atom stereocenters. The van der Waals surface area contributed by atoms with Gasteiger partial charge in [0.05, 0.1) is 20.6 Å². The molecule has 1 amide bonds. The maximum absolute atomic E-state index is 12.4. The normalized spacial score (nSPS) is 17.6. The van der Waals surface area contributed by atoms with E-state index >= 15 is 0 Å². The maximum atomic E-state index is 12.4. The number of carboxylic acids is 1. The van der Waals surface area contributed by atoms with Gasteiger partial charge in [0.15, 0.2) is 0 Å². The van der Waals surface area contributed by atoms with Crippen molar-refractivity contribution in [1.29, 1.82) is 0 Å². The Balaban J connectivity index is 2.21. The van der Waals surface area contributed by atoms with Gasteiger partial charge in [-0.15, -0.1) is 0 Å². The summed E-state index contributed by atoms with van der Waals surface area (Å²) in [7, 11) is 3.05. The predicted molar refractivity (Wildman–Crippen MR) is 75.6 cm³/mol. The number of benzene rings is 1. The molecule has 1 heterocycles. The van der Waals surface area contributed by atoms with Crippen LogP contribution in [-0.2, 0) is 16.0 Å². The molecule has 2 rings (SSSR count). The van der Waals surface area contributed by atoms with Crippen LogP contribution in [0.3, 0.4) is 0 Å². The van der Waals surface area contributed by atoms with Crippen LogP contribution < -0.4 is 9.47 Å². The summed E-state index contributed by atoms with van der Waals surface area (Å²) >= 11 is 0. The van der Waals surface area contributed by atoms with Crippen molar-refractivity contribution < 1.29 is 24.2 Å². The quantitative estimate of drug-likeness (QED) is 0.886. The molecule has 0 radical (unpaired) electrons. The monoisotopic (exact) mass is 293 g/mol. The topological polar surface area (TPSA) is 76.1 Å². The number of carboxylic acid groups (broad SMARTS) is 1. The molecule has 1 aromatic carbocycles. The Morgan fingerprint density at radius 3 is 2.43 bits per heavy atom. The number of carbonyl (C=O) groups is 2. The molecule has 21 heavy (non-hydrogen) atoms. The lowest BCUT2D eigenvalue weighted by Crippen LogP contribution is -2.41. The molecular formula is C15H19NO5. The van der Waals surface area contributed by atoms with Crippen molar-refractivity contribution in [1.82, 2.24) is 4.90 Å². The number of ether oxygens (including phenoxy) is 2. The number of rotatable bonds is 5. The molecule has 114 valence electrons. The number of nitrogens with zero attached hydrogens (tertiary/aromatic N) is 1. The summed E-state index contributed by atoms with van der Waals surface area (Å²) in [4.78, 5) is 25.0. The average molecular weight is 293 g/mol. The predicted octanol–water partition coefficient (Wildman–Crippen LogP) is 1.32. The lowest BCUT2D eigenvalue weighted by Gasteiger charge is -2.22. The number of likely N-dealkylation sites (tertiary alicyclic amines) is 1. The molecule has 0 bridgehead atoms. The number of hydrogen-bond donors (Lipinski definition) is 1. The van der Waals surface area contributed by atoms with Crippen LogP contribution in [0.4, 0.5) is 0 Å². The van der Waals surface area contributed by atoms with Gasteiger partial charge in [-0.25, -0.2) is 4.79 Å². The Labute approximate surface area is 123 Å². The zero-order valence-corrected chi connectivity index (χ0v) is 12.2. The third-order valence-electron chi connectivity index (χ3n) is 3.72. The molecule has 0 spiro atoms. The summed E-state index contributed by atoms with van der Waals surface area (Å²) in [6, 6.07) is 4.56. The van der Waals surface area contributed by atoms with E-state index in [-0.39, 0.29) is 12.3 Å². The Bertz CT molecular complexity index is 521. The second-order valence-corrected chi connectivity index (χ2v) is 4.90. The summed E-state index contributed by atoms with van der Waals surface area (Å²) in [6.07, 6.45) is 1.28. The molecule has 6 nitrogen and oxygen atoms in total. The zero-order chi connectivity index (χ0) is 15.4. The molecular weight excluding hydrogens is 274 g/mol. The van der Waals surface area contributed by atoms with Crippen LogP contribution >= 0.6 is 0 Å². The van der Waals surface area contributed by atoms with Gasteiger partial charge in [0, 0.05) is 12.1 Å². The van der Waals surface area contributed by atoms with Gasteiger partial charge in [-0.1, -0.05) is 6.07 Å². The molecule has 1 saturated heterocycles. The molecule has 0 saturated carbocycles. The molecule has 6 heteroatoms. The van der Waals surface area contributed by atoms with Crippen molar-refractivity contribution >= 4 is 11.9 Å². The Morgan fingerprint density at radius 2 is 1.90 bits per heavy atom. The lowest BCUT2D eigenvalue weighted by molar-refractivity contribution is -0.148. The van der Waals surface area contributed by atoms with Crippen molar-refractivity contribution in [2.75, 3.05) is 20.8 Å². The van der Waals surface area contributed by atoms with Crippen molar-refractivity contribution in [2.24, 2.45) is 0 Å². The lowest BCUT2D eigenvalue weighted by atomic mass is 10.1. The molecule has 1 aliphatic heterocycles.